The molecule has 1 N–H and O–H groups in total. The number of amides is 1. The maximum absolute atomic E-state index is 14.6. The molecule has 0 spiro atoms. The number of halogens is 2. The van der Waals surface area contributed by atoms with E-state index in [1.807, 2.05) is 41.6 Å². The van der Waals surface area contributed by atoms with Crippen LogP contribution in [-0.2, 0) is 7.05 Å². The average molecular weight is 506 g/mol. The molecule has 5 rings (SSSR count). The van der Waals surface area contributed by atoms with Crippen molar-refractivity contribution in [2.24, 2.45) is 7.05 Å². The first-order valence-electron chi connectivity index (χ1n) is 11.7. The van der Waals surface area contributed by atoms with Crippen LogP contribution in [0.5, 0.6) is 0 Å². The highest BCUT2D eigenvalue weighted by molar-refractivity contribution is 6.34. The van der Waals surface area contributed by atoms with Gasteiger partial charge in [-0.15, -0.1) is 0 Å². The Morgan fingerprint density at radius 3 is 2.81 bits per heavy atom. The molecular formula is C26H25ClFN7O. The molecule has 0 aliphatic carbocycles. The Bertz CT molecular complexity index is 1530. The summed E-state index contributed by atoms with van der Waals surface area (Å²) >= 11 is 6.47. The van der Waals surface area contributed by atoms with Crippen LogP contribution in [0.3, 0.4) is 0 Å². The highest BCUT2D eigenvalue weighted by atomic mass is 35.5. The van der Waals surface area contributed by atoms with Crippen molar-refractivity contribution in [2.75, 3.05) is 20.1 Å². The molecule has 4 aromatic rings. The molecule has 3 heterocycles. The maximum atomic E-state index is 14.6. The van der Waals surface area contributed by atoms with Crippen LogP contribution >= 0.6 is 11.6 Å². The van der Waals surface area contributed by atoms with Crippen LogP contribution in [0.15, 0.2) is 36.4 Å². The number of hydrogen-bond donors (Lipinski definition) is 1. The molecule has 1 atom stereocenters. The third-order valence-corrected chi connectivity index (χ3v) is 7.20. The molecular weight excluding hydrogens is 481 g/mol. The topological polar surface area (TPSA) is 72.3 Å². The number of likely N-dealkylation sites (tertiary alicyclic amines) is 1. The second kappa shape index (κ2) is 9.37. The lowest BCUT2D eigenvalue weighted by Crippen LogP contribution is -2.47. The smallest absolute Gasteiger partial charge is 0.274 e. The quantitative estimate of drug-likeness (QED) is 0.400. The summed E-state index contributed by atoms with van der Waals surface area (Å²) < 4.78 is 18.0. The van der Waals surface area contributed by atoms with Gasteiger partial charge in [0.05, 0.1) is 17.8 Å². The summed E-state index contributed by atoms with van der Waals surface area (Å²) in [6.45, 7) is 10.3. The minimum absolute atomic E-state index is 0.0696. The van der Waals surface area contributed by atoms with Crippen molar-refractivity contribution >= 4 is 34.1 Å². The molecule has 0 saturated carbocycles. The summed E-state index contributed by atoms with van der Waals surface area (Å²) in [4.78, 5) is 23.4. The summed E-state index contributed by atoms with van der Waals surface area (Å²) in [5.41, 5.74) is 2.80. The number of carbonyl (C=O) groups is 1. The van der Waals surface area contributed by atoms with Gasteiger partial charge in [0.2, 0.25) is 5.69 Å². The molecule has 0 radical (unpaired) electrons. The number of carbonyl (C=O) groups excluding carboxylic acids is 1. The maximum Gasteiger partial charge on any atom is 0.274 e. The fourth-order valence-corrected chi connectivity index (χ4v) is 4.98. The first-order chi connectivity index (χ1) is 17.3. The van der Waals surface area contributed by atoms with Crippen LogP contribution in [0.2, 0.25) is 5.15 Å². The van der Waals surface area contributed by atoms with E-state index in [-0.39, 0.29) is 17.6 Å². The second-order valence-electron chi connectivity index (χ2n) is 8.98. The Labute approximate surface area is 213 Å². The van der Waals surface area contributed by atoms with Gasteiger partial charge in [-0.3, -0.25) is 14.0 Å². The van der Waals surface area contributed by atoms with E-state index in [0.717, 1.165) is 29.4 Å². The molecule has 10 heteroatoms. The Morgan fingerprint density at radius 1 is 1.28 bits per heavy atom. The van der Waals surface area contributed by atoms with E-state index < -0.39 is 5.82 Å². The van der Waals surface area contributed by atoms with E-state index in [0.29, 0.717) is 41.0 Å². The molecule has 184 valence electrons. The lowest BCUT2D eigenvalue weighted by atomic mass is 10.1. The van der Waals surface area contributed by atoms with Gasteiger partial charge < -0.3 is 10.2 Å². The van der Waals surface area contributed by atoms with Gasteiger partial charge in [-0.1, -0.05) is 23.7 Å². The summed E-state index contributed by atoms with van der Waals surface area (Å²) in [6, 6.07) is 10.2. The summed E-state index contributed by atoms with van der Waals surface area (Å²) in [5.74, 6) is -0.389. The van der Waals surface area contributed by atoms with Crippen LogP contribution < -0.4 is 5.32 Å². The van der Waals surface area contributed by atoms with E-state index in [1.54, 1.807) is 17.8 Å². The number of imidazole rings is 1. The number of hydrogen-bond acceptors (Lipinski definition) is 4. The van der Waals surface area contributed by atoms with Crippen molar-refractivity contribution in [3.8, 4) is 17.1 Å². The number of nitrogens with zero attached hydrogens (tertiary/aromatic N) is 6. The standard InChI is InChI=1S/C26H25ClFN7O/c1-15-23(26(36)34-11-5-6-17(14-34)29-2)31-25(16-7-9-22(30-3)20(28)12-16)35(15)18-8-10-21-19(13-18)24(27)33(4)32-21/h7-10,12-13,17,29H,5-6,11,14H2,1-2,4H3/t17-/m0/s1. The number of nitrogens with one attached hydrogen (secondary N) is 1. The van der Waals surface area contributed by atoms with Gasteiger partial charge in [0.25, 0.3) is 5.91 Å². The number of benzene rings is 2. The van der Waals surface area contributed by atoms with Crippen molar-refractivity contribution in [2.45, 2.75) is 25.8 Å². The van der Waals surface area contributed by atoms with Crippen LogP contribution in [0.4, 0.5) is 10.1 Å². The Balaban J connectivity index is 1.68. The van der Waals surface area contributed by atoms with E-state index >= 15 is 0 Å². The van der Waals surface area contributed by atoms with Gasteiger partial charge in [-0.25, -0.2) is 14.2 Å². The predicted molar refractivity (Wildman–Crippen MR) is 137 cm³/mol. The van der Waals surface area contributed by atoms with E-state index in [9.17, 15) is 9.18 Å². The molecule has 8 nitrogen and oxygen atoms in total. The number of fused-ring (bicyclic) bond motifs is 1. The molecule has 2 aromatic heterocycles. The lowest BCUT2D eigenvalue weighted by Gasteiger charge is -2.32. The molecule has 2 aromatic carbocycles. The highest BCUT2D eigenvalue weighted by Crippen LogP contribution is 2.33. The minimum atomic E-state index is -0.638. The number of rotatable bonds is 4. The lowest BCUT2D eigenvalue weighted by molar-refractivity contribution is 0.0692. The van der Waals surface area contributed by atoms with Crippen LogP contribution in [-0.4, -0.2) is 56.3 Å². The van der Waals surface area contributed by atoms with Crippen molar-refractivity contribution < 1.29 is 9.18 Å². The van der Waals surface area contributed by atoms with Gasteiger partial charge in [-0.2, -0.15) is 5.10 Å². The van der Waals surface area contributed by atoms with Gasteiger partial charge >= 0.3 is 0 Å². The number of piperidine rings is 1. The normalized spacial score (nSPS) is 15.9. The molecule has 1 amide bonds. The fraction of sp³-hybridized carbons (Fsp3) is 0.308. The second-order valence-corrected chi connectivity index (χ2v) is 9.34. The molecule has 36 heavy (non-hydrogen) atoms. The summed E-state index contributed by atoms with van der Waals surface area (Å²) in [5, 5.41) is 8.91. The van der Waals surface area contributed by atoms with Crippen molar-refractivity contribution in [3.63, 3.8) is 0 Å². The predicted octanol–water partition coefficient (Wildman–Crippen LogP) is 4.90. The monoisotopic (exact) mass is 505 g/mol. The number of aromatic nitrogens is 4. The Morgan fingerprint density at radius 2 is 2.08 bits per heavy atom. The highest BCUT2D eigenvalue weighted by Gasteiger charge is 2.29. The molecule has 0 bridgehead atoms. The number of aryl methyl sites for hydroxylation is 1. The Kier molecular flexibility index (Phi) is 6.24. The zero-order valence-electron chi connectivity index (χ0n) is 20.2. The summed E-state index contributed by atoms with van der Waals surface area (Å²) in [7, 11) is 3.67. The molecule has 1 saturated heterocycles. The number of likely N-dealkylation sites (N-methyl/N-ethyl adjacent to an activating group) is 1. The first-order valence-corrected chi connectivity index (χ1v) is 12.1. The molecule has 1 fully saturated rings. The zero-order valence-corrected chi connectivity index (χ0v) is 21.0. The van der Waals surface area contributed by atoms with Crippen molar-refractivity contribution in [1.29, 1.82) is 0 Å². The van der Waals surface area contributed by atoms with Gasteiger partial charge in [0.1, 0.15) is 22.5 Å². The average Bonchev–Trinajstić information content (AvgIpc) is 3.38. The molecule has 1 aliphatic rings. The van der Waals surface area contributed by atoms with E-state index in [1.165, 1.54) is 12.1 Å². The summed E-state index contributed by atoms with van der Waals surface area (Å²) in [6.07, 6.45) is 1.92. The zero-order chi connectivity index (χ0) is 25.6. The van der Waals surface area contributed by atoms with E-state index in [4.69, 9.17) is 23.2 Å². The van der Waals surface area contributed by atoms with Crippen LogP contribution in [0.25, 0.3) is 32.8 Å². The fourth-order valence-electron chi connectivity index (χ4n) is 4.79. The Hall–Kier alpha value is -3.74. The van der Waals surface area contributed by atoms with Gasteiger partial charge in [0, 0.05) is 42.8 Å². The minimum Gasteiger partial charge on any atom is -0.336 e. The van der Waals surface area contributed by atoms with Crippen LogP contribution in [0, 0.1) is 19.3 Å². The van der Waals surface area contributed by atoms with Crippen LogP contribution in [0.1, 0.15) is 29.0 Å². The SMILES string of the molecule is [C-]#[N+]c1ccc(-c2nc(C(=O)N3CCC[C@H](NC)C3)c(C)n2-c2ccc3nn(C)c(Cl)c3c2)cc1F. The van der Waals surface area contributed by atoms with Gasteiger partial charge in [-0.05, 0) is 51.1 Å². The van der Waals surface area contributed by atoms with Crippen molar-refractivity contribution in [1.82, 2.24) is 29.5 Å². The van der Waals surface area contributed by atoms with E-state index in [2.05, 4.69) is 15.3 Å². The largest absolute Gasteiger partial charge is 0.336 e. The molecule has 1 aliphatic heterocycles. The van der Waals surface area contributed by atoms with Gasteiger partial charge in [0.15, 0.2) is 0 Å². The third kappa shape index (κ3) is 4.02. The third-order valence-electron chi connectivity index (χ3n) is 6.76. The van der Waals surface area contributed by atoms with Crippen molar-refractivity contribution in [3.05, 3.63) is 70.2 Å². The first kappa shape index (κ1) is 24.0. The molecule has 0 unspecified atom stereocenters.